The first-order valence-corrected chi connectivity index (χ1v) is 10.6. The summed E-state index contributed by atoms with van der Waals surface area (Å²) in [5.41, 5.74) is 1.70. The Morgan fingerprint density at radius 2 is 1.93 bits per heavy atom. The lowest BCUT2D eigenvalue weighted by atomic mass is 10.1. The zero-order valence-corrected chi connectivity index (χ0v) is 17.2. The SMILES string of the molecule is CCS(=O)(=O)N1C[C@H](C(=O)Nc2cccc(C(=O)OC)c2C)Oc2ccccc21. The Labute approximate surface area is 169 Å². The van der Waals surface area contributed by atoms with Crippen LogP contribution in [0.3, 0.4) is 0 Å². The smallest absolute Gasteiger partial charge is 0.338 e. The Hall–Kier alpha value is -3.07. The van der Waals surface area contributed by atoms with Crippen LogP contribution in [0.4, 0.5) is 11.4 Å². The summed E-state index contributed by atoms with van der Waals surface area (Å²) in [6.07, 6.45) is -1.05. The molecule has 1 amide bonds. The lowest BCUT2D eigenvalue weighted by Gasteiger charge is -2.34. The standard InChI is InChI=1S/C20H22N2O6S/c1-4-29(25,26)22-12-18(28-17-11-6-5-10-16(17)22)19(23)21-15-9-7-8-14(13(15)2)20(24)27-3/h5-11,18H,4,12H2,1-3H3,(H,21,23)/t18-/m1/s1. The van der Waals surface area contributed by atoms with Crippen molar-refractivity contribution in [2.24, 2.45) is 0 Å². The number of rotatable bonds is 5. The molecular weight excluding hydrogens is 396 g/mol. The first-order valence-electron chi connectivity index (χ1n) is 9.03. The van der Waals surface area contributed by atoms with Gasteiger partial charge < -0.3 is 14.8 Å². The molecule has 1 heterocycles. The van der Waals surface area contributed by atoms with Gasteiger partial charge in [-0.25, -0.2) is 13.2 Å². The van der Waals surface area contributed by atoms with Crippen molar-refractivity contribution in [1.29, 1.82) is 0 Å². The number of methoxy groups -OCH3 is 1. The van der Waals surface area contributed by atoms with Crippen LogP contribution in [0, 0.1) is 6.92 Å². The van der Waals surface area contributed by atoms with Gasteiger partial charge in [0.05, 0.1) is 30.7 Å². The van der Waals surface area contributed by atoms with Crippen LogP contribution in [0.2, 0.25) is 0 Å². The van der Waals surface area contributed by atoms with Crippen molar-refractivity contribution in [1.82, 2.24) is 0 Å². The molecule has 0 fully saturated rings. The molecule has 0 saturated carbocycles. The molecule has 2 aromatic rings. The summed E-state index contributed by atoms with van der Waals surface area (Å²) in [4.78, 5) is 24.7. The van der Waals surface area contributed by atoms with Crippen LogP contribution < -0.4 is 14.4 Å². The van der Waals surface area contributed by atoms with Crippen molar-refractivity contribution < 1.29 is 27.5 Å². The zero-order chi connectivity index (χ0) is 21.2. The normalized spacial score (nSPS) is 15.8. The first-order chi connectivity index (χ1) is 13.8. The number of nitrogens with zero attached hydrogens (tertiary/aromatic N) is 1. The van der Waals surface area contributed by atoms with Crippen LogP contribution in [-0.4, -0.2) is 45.8 Å². The Balaban J connectivity index is 1.89. The molecule has 0 bridgehead atoms. The maximum absolute atomic E-state index is 12.9. The van der Waals surface area contributed by atoms with Gasteiger partial charge in [-0.05, 0) is 43.7 Å². The predicted octanol–water partition coefficient (Wildman–Crippen LogP) is 2.34. The van der Waals surface area contributed by atoms with Gasteiger partial charge in [-0.2, -0.15) is 0 Å². The molecule has 1 aliphatic heterocycles. The lowest BCUT2D eigenvalue weighted by molar-refractivity contribution is -0.122. The zero-order valence-electron chi connectivity index (χ0n) is 16.3. The van der Waals surface area contributed by atoms with Crippen LogP contribution in [0.5, 0.6) is 5.75 Å². The molecule has 9 heteroatoms. The van der Waals surface area contributed by atoms with E-state index < -0.39 is 28.0 Å². The third-order valence-electron chi connectivity index (χ3n) is 4.72. The maximum atomic E-state index is 12.9. The van der Waals surface area contributed by atoms with E-state index in [9.17, 15) is 18.0 Å². The molecule has 0 spiro atoms. The number of hydrogen-bond acceptors (Lipinski definition) is 6. The fraction of sp³-hybridized carbons (Fsp3) is 0.300. The van der Waals surface area contributed by atoms with Gasteiger partial charge in [0.25, 0.3) is 5.91 Å². The van der Waals surface area contributed by atoms with Crippen molar-refractivity contribution in [3.05, 3.63) is 53.6 Å². The number of carbonyl (C=O) groups excluding carboxylic acids is 2. The van der Waals surface area contributed by atoms with E-state index in [4.69, 9.17) is 9.47 Å². The predicted molar refractivity (Wildman–Crippen MR) is 109 cm³/mol. The number of carbonyl (C=O) groups is 2. The highest BCUT2D eigenvalue weighted by molar-refractivity contribution is 7.92. The second-order valence-electron chi connectivity index (χ2n) is 6.46. The third-order valence-corrected chi connectivity index (χ3v) is 6.47. The van der Waals surface area contributed by atoms with Crippen LogP contribution in [0.1, 0.15) is 22.8 Å². The number of anilines is 2. The maximum Gasteiger partial charge on any atom is 0.338 e. The monoisotopic (exact) mass is 418 g/mol. The number of esters is 1. The molecule has 8 nitrogen and oxygen atoms in total. The molecule has 3 rings (SSSR count). The number of benzene rings is 2. The average molecular weight is 418 g/mol. The number of amides is 1. The van der Waals surface area contributed by atoms with Crippen molar-refractivity contribution >= 4 is 33.3 Å². The number of sulfonamides is 1. The molecule has 1 aliphatic rings. The van der Waals surface area contributed by atoms with E-state index in [0.29, 0.717) is 28.3 Å². The Kier molecular flexibility index (Phi) is 5.78. The minimum absolute atomic E-state index is 0.101. The molecule has 154 valence electrons. The fourth-order valence-electron chi connectivity index (χ4n) is 3.07. The summed E-state index contributed by atoms with van der Waals surface area (Å²) in [6, 6.07) is 11.6. The van der Waals surface area contributed by atoms with E-state index in [0.717, 1.165) is 0 Å². The minimum atomic E-state index is -3.59. The van der Waals surface area contributed by atoms with Crippen LogP contribution in [0.15, 0.2) is 42.5 Å². The third kappa shape index (κ3) is 4.04. The lowest BCUT2D eigenvalue weighted by Crippen LogP contribution is -2.49. The summed E-state index contributed by atoms with van der Waals surface area (Å²) in [5.74, 6) is -0.811. The molecule has 0 saturated heterocycles. The number of fused-ring (bicyclic) bond motifs is 1. The Morgan fingerprint density at radius 1 is 1.21 bits per heavy atom. The molecule has 0 radical (unpaired) electrons. The topological polar surface area (TPSA) is 102 Å². The summed E-state index contributed by atoms with van der Waals surface area (Å²) in [6.45, 7) is 3.09. The first kappa shape index (κ1) is 20.7. The van der Waals surface area contributed by atoms with Crippen LogP contribution in [-0.2, 0) is 19.6 Å². The molecular formula is C20H22N2O6S. The van der Waals surface area contributed by atoms with Gasteiger partial charge in [-0.3, -0.25) is 9.10 Å². The van der Waals surface area contributed by atoms with Crippen molar-refractivity contribution in [2.45, 2.75) is 20.0 Å². The Morgan fingerprint density at radius 3 is 2.62 bits per heavy atom. The van der Waals surface area contributed by atoms with Crippen LogP contribution in [0.25, 0.3) is 0 Å². The van der Waals surface area contributed by atoms with Gasteiger partial charge in [0.1, 0.15) is 5.75 Å². The van der Waals surface area contributed by atoms with Gasteiger partial charge in [0.2, 0.25) is 10.0 Å². The van der Waals surface area contributed by atoms with Crippen molar-refractivity contribution in [3.8, 4) is 5.75 Å². The summed E-state index contributed by atoms with van der Waals surface area (Å²) >= 11 is 0. The van der Waals surface area contributed by atoms with E-state index in [-0.39, 0.29) is 12.3 Å². The number of para-hydroxylation sites is 2. The van der Waals surface area contributed by atoms with Crippen molar-refractivity contribution in [2.75, 3.05) is 29.0 Å². The average Bonchev–Trinajstić information content (AvgIpc) is 2.73. The van der Waals surface area contributed by atoms with E-state index in [1.165, 1.54) is 11.4 Å². The van der Waals surface area contributed by atoms with Gasteiger partial charge >= 0.3 is 5.97 Å². The molecule has 1 N–H and O–H groups in total. The van der Waals surface area contributed by atoms with Gasteiger partial charge in [0.15, 0.2) is 6.10 Å². The van der Waals surface area contributed by atoms with E-state index in [2.05, 4.69) is 5.32 Å². The number of ether oxygens (including phenoxy) is 2. The summed E-state index contributed by atoms with van der Waals surface area (Å²) < 4.78 is 36.8. The largest absolute Gasteiger partial charge is 0.476 e. The van der Waals surface area contributed by atoms with Crippen molar-refractivity contribution in [3.63, 3.8) is 0 Å². The second kappa shape index (κ2) is 8.12. The molecule has 1 atom stereocenters. The highest BCUT2D eigenvalue weighted by atomic mass is 32.2. The number of nitrogens with one attached hydrogen (secondary N) is 1. The minimum Gasteiger partial charge on any atom is -0.476 e. The highest BCUT2D eigenvalue weighted by Crippen LogP contribution is 2.35. The number of hydrogen-bond donors (Lipinski definition) is 1. The van der Waals surface area contributed by atoms with Crippen LogP contribution >= 0.6 is 0 Å². The molecule has 2 aromatic carbocycles. The quantitative estimate of drug-likeness (QED) is 0.748. The summed E-state index contributed by atoms with van der Waals surface area (Å²) in [5, 5.41) is 2.73. The Bertz CT molecular complexity index is 1050. The van der Waals surface area contributed by atoms with E-state index in [1.54, 1.807) is 56.3 Å². The van der Waals surface area contributed by atoms with Gasteiger partial charge in [-0.1, -0.05) is 18.2 Å². The van der Waals surface area contributed by atoms with E-state index in [1.807, 2.05) is 0 Å². The molecule has 0 aromatic heterocycles. The fourth-order valence-corrected chi connectivity index (χ4v) is 4.20. The van der Waals surface area contributed by atoms with Gasteiger partial charge in [0, 0.05) is 5.69 Å². The van der Waals surface area contributed by atoms with E-state index >= 15 is 0 Å². The van der Waals surface area contributed by atoms with Gasteiger partial charge in [-0.15, -0.1) is 0 Å². The molecule has 0 aliphatic carbocycles. The molecule has 0 unspecified atom stereocenters. The molecule has 29 heavy (non-hydrogen) atoms. The summed E-state index contributed by atoms with van der Waals surface area (Å²) in [7, 11) is -2.31. The second-order valence-corrected chi connectivity index (χ2v) is 8.65. The highest BCUT2D eigenvalue weighted by Gasteiger charge is 2.36.